The summed E-state index contributed by atoms with van der Waals surface area (Å²) in [6.45, 7) is 4.20. The molecule has 2 aromatic carbocycles. The number of nitrogens with zero attached hydrogens (tertiary/aromatic N) is 2. The number of nitrogens with one attached hydrogen (secondary N) is 2. The van der Waals surface area contributed by atoms with Crippen molar-refractivity contribution in [1.29, 1.82) is 0 Å². The second-order valence-corrected chi connectivity index (χ2v) is 10.2. The van der Waals surface area contributed by atoms with Crippen molar-refractivity contribution in [2.45, 2.75) is 44.6 Å². The van der Waals surface area contributed by atoms with Crippen LogP contribution in [0.1, 0.15) is 45.5 Å². The molecule has 0 spiro atoms. The molecule has 0 aliphatic rings. The van der Waals surface area contributed by atoms with Crippen LogP contribution in [0.3, 0.4) is 0 Å². The Morgan fingerprint density at radius 2 is 1.74 bits per heavy atom. The van der Waals surface area contributed by atoms with Crippen LogP contribution < -0.4 is 15.8 Å². The number of rotatable bonds is 10. The Morgan fingerprint density at radius 3 is 2.32 bits per heavy atom. The number of amides is 1. The molecule has 0 fully saturated rings. The number of nitrogens with two attached hydrogens (primary N) is 1. The van der Waals surface area contributed by atoms with Gasteiger partial charge in [-0.3, -0.25) is 9.52 Å². The molecular formula is C23H28FN5O4S. The number of carbonyl (C=O) groups is 1. The Hall–Kier alpha value is -3.31. The Bertz CT molecular complexity index is 1230. The van der Waals surface area contributed by atoms with Gasteiger partial charge in [-0.25, -0.2) is 12.8 Å². The molecule has 0 saturated carbocycles. The van der Waals surface area contributed by atoms with E-state index in [1.54, 1.807) is 12.1 Å². The summed E-state index contributed by atoms with van der Waals surface area (Å²) in [4.78, 5) is 16.4. The zero-order valence-corrected chi connectivity index (χ0v) is 20.0. The maximum absolute atomic E-state index is 13.0. The predicted octanol–water partition coefficient (Wildman–Crippen LogP) is 4.27. The van der Waals surface area contributed by atoms with Crippen molar-refractivity contribution in [3.05, 3.63) is 54.4 Å². The number of aromatic nitrogens is 2. The Kier molecular flexibility index (Phi) is 7.68. The number of hydrogen-bond donors (Lipinski definition) is 3. The van der Waals surface area contributed by atoms with Crippen molar-refractivity contribution in [3.63, 3.8) is 0 Å². The normalized spacial score (nSPS) is 12.9. The standard InChI is InChI=1S/C23H28FN5O4S/c1-4-5-19(25)21-27-20(28-33-21)15-6-12-18(13-7-15)34(31,32)29-17-10-8-16(9-11-17)26-22(30)23(2,3)14-24/h6-13,19,29H,4-5,14,25H2,1-3H3,(H,26,30). The zero-order valence-electron chi connectivity index (χ0n) is 19.2. The largest absolute Gasteiger partial charge is 0.337 e. The van der Waals surface area contributed by atoms with Crippen LogP contribution in [0.4, 0.5) is 15.8 Å². The summed E-state index contributed by atoms with van der Waals surface area (Å²) in [6.07, 6.45) is 1.60. The van der Waals surface area contributed by atoms with Crippen LogP contribution in [-0.4, -0.2) is 31.1 Å². The number of anilines is 2. The van der Waals surface area contributed by atoms with Crippen molar-refractivity contribution in [2.24, 2.45) is 11.1 Å². The number of benzene rings is 2. The fourth-order valence-electron chi connectivity index (χ4n) is 2.92. The summed E-state index contributed by atoms with van der Waals surface area (Å²) in [5, 5.41) is 6.53. The van der Waals surface area contributed by atoms with Crippen molar-refractivity contribution >= 4 is 27.3 Å². The Morgan fingerprint density at radius 1 is 1.12 bits per heavy atom. The van der Waals surface area contributed by atoms with Gasteiger partial charge in [-0.1, -0.05) is 18.5 Å². The van der Waals surface area contributed by atoms with Crippen LogP contribution >= 0.6 is 0 Å². The van der Waals surface area contributed by atoms with Crippen LogP contribution in [0.25, 0.3) is 11.4 Å². The average Bonchev–Trinajstić information content (AvgIpc) is 3.31. The number of hydrogen-bond acceptors (Lipinski definition) is 7. The molecule has 0 saturated heterocycles. The molecule has 11 heteroatoms. The van der Waals surface area contributed by atoms with Gasteiger partial charge in [-0.15, -0.1) is 0 Å². The summed E-state index contributed by atoms with van der Waals surface area (Å²) in [6, 6.07) is 11.8. The third-order valence-corrected chi connectivity index (χ3v) is 6.52. The molecule has 0 aliphatic carbocycles. The topological polar surface area (TPSA) is 140 Å². The van der Waals surface area contributed by atoms with Crippen LogP contribution in [0.5, 0.6) is 0 Å². The highest BCUT2D eigenvalue weighted by Gasteiger charge is 2.27. The van der Waals surface area contributed by atoms with Gasteiger partial charge in [0.15, 0.2) is 0 Å². The summed E-state index contributed by atoms with van der Waals surface area (Å²) in [5.74, 6) is 0.194. The molecule has 182 valence electrons. The van der Waals surface area contributed by atoms with E-state index in [4.69, 9.17) is 10.3 Å². The van der Waals surface area contributed by atoms with Crippen molar-refractivity contribution in [1.82, 2.24) is 10.1 Å². The molecule has 0 aliphatic heterocycles. The van der Waals surface area contributed by atoms with E-state index in [1.165, 1.54) is 50.2 Å². The molecule has 1 unspecified atom stereocenters. The lowest BCUT2D eigenvalue weighted by Gasteiger charge is -2.19. The minimum Gasteiger partial charge on any atom is -0.337 e. The van der Waals surface area contributed by atoms with Crippen LogP contribution in [-0.2, 0) is 14.8 Å². The molecule has 4 N–H and O–H groups in total. The number of carbonyl (C=O) groups excluding carboxylic acids is 1. The third kappa shape index (κ3) is 5.97. The molecule has 0 radical (unpaired) electrons. The Balaban J connectivity index is 1.68. The first-order valence-electron chi connectivity index (χ1n) is 10.8. The van der Waals surface area contributed by atoms with Crippen molar-refractivity contribution in [2.75, 3.05) is 16.7 Å². The zero-order chi connectivity index (χ0) is 24.9. The lowest BCUT2D eigenvalue weighted by atomic mass is 9.94. The lowest BCUT2D eigenvalue weighted by Crippen LogP contribution is -2.32. The quantitative estimate of drug-likeness (QED) is 0.386. The van der Waals surface area contributed by atoms with Gasteiger partial charge in [0, 0.05) is 16.9 Å². The highest BCUT2D eigenvalue weighted by molar-refractivity contribution is 7.92. The van der Waals surface area contributed by atoms with Crippen molar-refractivity contribution in [3.8, 4) is 11.4 Å². The third-order valence-electron chi connectivity index (χ3n) is 5.13. The average molecular weight is 490 g/mol. The first-order valence-corrected chi connectivity index (χ1v) is 12.2. The summed E-state index contributed by atoms with van der Waals surface area (Å²) < 4.78 is 46.2. The van der Waals surface area contributed by atoms with Crippen LogP contribution in [0.15, 0.2) is 57.9 Å². The molecule has 1 amide bonds. The molecule has 0 bridgehead atoms. The molecule has 1 atom stereocenters. The molecule has 1 aromatic heterocycles. The summed E-state index contributed by atoms with van der Waals surface area (Å²) in [7, 11) is -3.86. The summed E-state index contributed by atoms with van der Waals surface area (Å²) in [5.41, 5.74) is 6.16. The fourth-order valence-corrected chi connectivity index (χ4v) is 3.98. The van der Waals surface area contributed by atoms with E-state index in [-0.39, 0.29) is 10.9 Å². The summed E-state index contributed by atoms with van der Waals surface area (Å²) >= 11 is 0. The van der Waals surface area contributed by atoms with E-state index in [0.717, 1.165) is 6.42 Å². The monoisotopic (exact) mass is 489 g/mol. The maximum Gasteiger partial charge on any atom is 0.261 e. The highest BCUT2D eigenvalue weighted by Crippen LogP contribution is 2.24. The van der Waals surface area contributed by atoms with E-state index in [9.17, 15) is 17.6 Å². The van der Waals surface area contributed by atoms with Gasteiger partial charge in [0.2, 0.25) is 17.6 Å². The lowest BCUT2D eigenvalue weighted by molar-refractivity contribution is -0.124. The smallest absolute Gasteiger partial charge is 0.261 e. The number of alkyl halides is 1. The van der Waals surface area contributed by atoms with Gasteiger partial charge in [0.25, 0.3) is 10.0 Å². The van der Waals surface area contributed by atoms with E-state index < -0.39 is 28.0 Å². The number of sulfonamides is 1. The van der Waals surface area contributed by atoms with Gasteiger partial charge in [-0.05, 0) is 68.8 Å². The first kappa shape index (κ1) is 25.3. The van der Waals surface area contributed by atoms with Crippen LogP contribution in [0, 0.1) is 5.41 Å². The molecule has 9 nitrogen and oxygen atoms in total. The number of halogens is 1. The van der Waals surface area contributed by atoms with Crippen LogP contribution in [0.2, 0.25) is 0 Å². The molecule has 3 rings (SSSR count). The van der Waals surface area contributed by atoms with Gasteiger partial charge in [0.05, 0.1) is 16.4 Å². The molecular weight excluding hydrogens is 461 g/mol. The van der Waals surface area contributed by atoms with Gasteiger partial charge >= 0.3 is 0 Å². The van der Waals surface area contributed by atoms with Gasteiger partial charge in [0.1, 0.15) is 6.67 Å². The Labute approximate surface area is 198 Å². The van der Waals surface area contributed by atoms with E-state index in [2.05, 4.69) is 20.2 Å². The maximum atomic E-state index is 13.0. The minimum absolute atomic E-state index is 0.0460. The highest BCUT2D eigenvalue weighted by atomic mass is 32.2. The van der Waals surface area contributed by atoms with Crippen molar-refractivity contribution < 1.29 is 22.1 Å². The molecule has 1 heterocycles. The predicted molar refractivity (Wildman–Crippen MR) is 127 cm³/mol. The van der Waals surface area contributed by atoms with E-state index >= 15 is 0 Å². The second kappa shape index (κ2) is 10.3. The van der Waals surface area contributed by atoms with E-state index in [0.29, 0.717) is 35.1 Å². The van der Waals surface area contributed by atoms with Gasteiger partial charge in [-0.2, -0.15) is 4.98 Å². The van der Waals surface area contributed by atoms with E-state index in [1.807, 2.05) is 6.92 Å². The SMILES string of the molecule is CCCC(N)c1nc(-c2ccc(S(=O)(=O)Nc3ccc(NC(=O)C(C)(C)CF)cc3)cc2)no1. The molecule has 34 heavy (non-hydrogen) atoms. The fraction of sp³-hybridized carbons (Fsp3) is 0.348. The minimum atomic E-state index is -3.86. The second-order valence-electron chi connectivity index (χ2n) is 8.53. The molecule has 3 aromatic rings. The van der Waals surface area contributed by atoms with Gasteiger partial charge < -0.3 is 15.6 Å². The first-order chi connectivity index (χ1) is 16.1.